The Morgan fingerprint density at radius 3 is 2.80 bits per heavy atom. The molecule has 20 heavy (non-hydrogen) atoms. The minimum absolute atomic E-state index is 0.0349. The van der Waals surface area contributed by atoms with Crippen LogP contribution >= 0.6 is 0 Å². The van der Waals surface area contributed by atoms with Gasteiger partial charge in [0.2, 0.25) is 0 Å². The predicted molar refractivity (Wildman–Crippen MR) is 81.5 cm³/mol. The van der Waals surface area contributed by atoms with E-state index in [4.69, 9.17) is 0 Å². The molecule has 4 heteroatoms. The first-order valence-electron chi connectivity index (χ1n) is 7.41. The lowest BCUT2D eigenvalue weighted by atomic mass is 9.94. The van der Waals surface area contributed by atoms with E-state index < -0.39 is 0 Å². The molecular weight excluding hydrogens is 253 g/mol. The van der Waals surface area contributed by atoms with E-state index in [1.807, 2.05) is 19.1 Å². The first-order chi connectivity index (χ1) is 9.52. The average Bonchev–Trinajstić information content (AvgIpc) is 2.42. The summed E-state index contributed by atoms with van der Waals surface area (Å²) in [6, 6.07) is 5.73. The van der Waals surface area contributed by atoms with Gasteiger partial charge in [-0.05, 0) is 33.6 Å². The van der Waals surface area contributed by atoms with Gasteiger partial charge in [0.15, 0.2) is 0 Å². The normalized spacial score (nSPS) is 22.9. The lowest BCUT2D eigenvalue weighted by Crippen LogP contribution is -2.55. The van der Waals surface area contributed by atoms with Crippen LogP contribution in [0.2, 0.25) is 0 Å². The van der Waals surface area contributed by atoms with Crippen LogP contribution in [0.4, 0.5) is 4.39 Å². The van der Waals surface area contributed by atoms with E-state index in [2.05, 4.69) is 36.1 Å². The van der Waals surface area contributed by atoms with Crippen LogP contribution in [0.15, 0.2) is 18.2 Å². The highest BCUT2D eigenvalue weighted by molar-refractivity contribution is 5.28. The van der Waals surface area contributed by atoms with Crippen molar-refractivity contribution in [2.75, 3.05) is 40.3 Å². The van der Waals surface area contributed by atoms with E-state index in [9.17, 15) is 4.39 Å². The van der Waals surface area contributed by atoms with E-state index in [1.165, 1.54) is 0 Å². The molecular formula is C16H26FN3. The van der Waals surface area contributed by atoms with Crippen LogP contribution in [-0.4, -0.2) is 56.1 Å². The molecule has 1 N–H and O–H groups in total. The molecule has 0 bridgehead atoms. The summed E-state index contributed by atoms with van der Waals surface area (Å²) in [4.78, 5) is 4.66. The van der Waals surface area contributed by atoms with E-state index in [-0.39, 0.29) is 11.9 Å². The molecule has 0 aliphatic carbocycles. The van der Waals surface area contributed by atoms with Crippen molar-refractivity contribution >= 4 is 0 Å². The summed E-state index contributed by atoms with van der Waals surface area (Å²) in [5.41, 5.74) is 1.90. The third-order valence-electron chi connectivity index (χ3n) is 4.19. The fourth-order valence-corrected chi connectivity index (χ4v) is 2.98. The third kappa shape index (κ3) is 3.37. The summed E-state index contributed by atoms with van der Waals surface area (Å²) in [6.07, 6.45) is 0. The molecule has 2 atom stereocenters. The van der Waals surface area contributed by atoms with Crippen LogP contribution in [0.3, 0.4) is 0 Å². The average molecular weight is 279 g/mol. The molecule has 2 rings (SSSR count). The van der Waals surface area contributed by atoms with Crippen molar-refractivity contribution in [1.29, 1.82) is 0 Å². The minimum Gasteiger partial charge on any atom is -0.309 e. The number of aryl methyl sites for hydroxylation is 1. The molecule has 0 spiro atoms. The maximum atomic E-state index is 14.3. The molecule has 3 nitrogen and oxygen atoms in total. The Bertz CT molecular complexity index is 449. The van der Waals surface area contributed by atoms with Crippen LogP contribution < -0.4 is 5.32 Å². The Balaban J connectivity index is 2.32. The topological polar surface area (TPSA) is 18.5 Å². The van der Waals surface area contributed by atoms with E-state index in [0.29, 0.717) is 6.04 Å². The number of benzene rings is 1. The second-order valence-corrected chi connectivity index (χ2v) is 5.87. The maximum Gasteiger partial charge on any atom is 0.128 e. The molecule has 0 radical (unpaired) electrons. The summed E-state index contributed by atoms with van der Waals surface area (Å²) < 4.78 is 14.3. The number of nitrogens with zero attached hydrogens (tertiary/aromatic N) is 2. The first-order valence-corrected chi connectivity index (χ1v) is 7.41. The highest BCUT2D eigenvalue weighted by Gasteiger charge is 2.31. The van der Waals surface area contributed by atoms with Gasteiger partial charge >= 0.3 is 0 Å². The van der Waals surface area contributed by atoms with E-state index in [0.717, 1.165) is 37.3 Å². The standard InChI is InChI=1S/C16H26FN3/c1-5-18-16(13-10-12(2)6-7-14(13)17)15-11-19(3)8-9-20(15)4/h6-7,10,15-16,18H,5,8-9,11H2,1-4H3. The molecule has 1 heterocycles. The summed E-state index contributed by atoms with van der Waals surface area (Å²) in [5, 5.41) is 3.48. The molecule has 2 unspecified atom stereocenters. The van der Waals surface area contributed by atoms with Crippen molar-refractivity contribution < 1.29 is 4.39 Å². The van der Waals surface area contributed by atoms with Crippen LogP contribution in [0, 0.1) is 12.7 Å². The molecule has 1 aliphatic rings. The van der Waals surface area contributed by atoms with Crippen molar-refractivity contribution in [2.45, 2.75) is 25.9 Å². The zero-order valence-corrected chi connectivity index (χ0v) is 13.0. The summed E-state index contributed by atoms with van der Waals surface area (Å²) >= 11 is 0. The number of hydrogen-bond donors (Lipinski definition) is 1. The highest BCUT2D eigenvalue weighted by atomic mass is 19.1. The summed E-state index contributed by atoms with van der Waals surface area (Å²) in [5.74, 6) is -0.108. The largest absolute Gasteiger partial charge is 0.309 e. The molecule has 112 valence electrons. The highest BCUT2D eigenvalue weighted by Crippen LogP contribution is 2.26. The molecule has 1 aromatic carbocycles. The molecule has 0 aromatic heterocycles. The third-order valence-corrected chi connectivity index (χ3v) is 4.19. The molecule has 1 aromatic rings. The SMILES string of the molecule is CCNC(c1cc(C)ccc1F)C1CN(C)CCN1C. The van der Waals surface area contributed by atoms with Gasteiger partial charge in [0.25, 0.3) is 0 Å². The van der Waals surface area contributed by atoms with Crippen molar-refractivity contribution in [3.63, 3.8) is 0 Å². The van der Waals surface area contributed by atoms with Crippen LogP contribution in [-0.2, 0) is 0 Å². The Morgan fingerprint density at radius 1 is 1.35 bits per heavy atom. The number of halogens is 1. The Hall–Kier alpha value is -0.970. The van der Waals surface area contributed by atoms with Gasteiger partial charge in [-0.1, -0.05) is 24.6 Å². The molecule has 1 saturated heterocycles. The fourth-order valence-electron chi connectivity index (χ4n) is 2.98. The Kier molecular flexibility index (Phi) is 5.13. The van der Waals surface area contributed by atoms with Crippen molar-refractivity contribution in [1.82, 2.24) is 15.1 Å². The monoisotopic (exact) mass is 279 g/mol. The van der Waals surface area contributed by atoms with Gasteiger partial charge in [0.1, 0.15) is 5.82 Å². The number of rotatable bonds is 4. The van der Waals surface area contributed by atoms with Gasteiger partial charge in [-0.3, -0.25) is 4.90 Å². The fraction of sp³-hybridized carbons (Fsp3) is 0.625. The molecule has 1 aliphatic heterocycles. The van der Waals surface area contributed by atoms with Gasteiger partial charge in [-0.2, -0.15) is 0 Å². The number of nitrogens with one attached hydrogen (secondary N) is 1. The Labute approximate surface area is 121 Å². The number of likely N-dealkylation sites (N-methyl/N-ethyl adjacent to an activating group) is 3. The smallest absolute Gasteiger partial charge is 0.128 e. The summed E-state index contributed by atoms with van der Waals surface area (Å²) in [7, 11) is 4.27. The first kappa shape index (κ1) is 15.4. The van der Waals surface area contributed by atoms with Crippen molar-refractivity contribution in [2.24, 2.45) is 0 Å². The molecule has 0 saturated carbocycles. The lowest BCUT2D eigenvalue weighted by Gasteiger charge is -2.42. The van der Waals surface area contributed by atoms with Gasteiger partial charge in [0, 0.05) is 31.2 Å². The van der Waals surface area contributed by atoms with Crippen LogP contribution in [0.1, 0.15) is 24.1 Å². The summed E-state index contributed by atoms with van der Waals surface area (Å²) in [6.45, 7) is 7.99. The lowest BCUT2D eigenvalue weighted by molar-refractivity contribution is 0.0871. The molecule has 0 amide bonds. The van der Waals surface area contributed by atoms with Gasteiger partial charge in [-0.15, -0.1) is 0 Å². The number of hydrogen-bond acceptors (Lipinski definition) is 3. The van der Waals surface area contributed by atoms with Crippen LogP contribution in [0.5, 0.6) is 0 Å². The second kappa shape index (κ2) is 6.66. The van der Waals surface area contributed by atoms with Gasteiger partial charge in [-0.25, -0.2) is 4.39 Å². The van der Waals surface area contributed by atoms with E-state index in [1.54, 1.807) is 6.07 Å². The van der Waals surface area contributed by atoms with Crippen LogP contribution in [0.25, 0.3) is 0 Å². The molecule has 1 fully saturated rings. The van der Waals surface area contributed by atoms with E-state index >= 15 is 0 Å². The predicted octanol–water partition coefficient (Wildman–Crippen LogP) is 2.03. The minimum atomic E-state index is -0.108. The van der Waals surface area contributed by atoms with Gasteiger partial charge in [0.05, 0.1) is 6.04 Å². The zero-order valence-electron chi connectivity index (χ0n) is 13.0. The number of piperazine rings is 1. The van der Waals surface area contributed by atoms with Crippen molar-refractivity contribution in [3.05, 3.63) is 35.1 Å². The van der Waals surface area contributed by atoms with Gasteiger partial charge < -0.3 is 10.2 Å². The Morgan fingerprint density at radius 2 is 2.10 bits per heavy atom. The quantitative estimate of drug-likeness (QED) is 0.910. The maximum absolute atomic E-state index is 14.3. The second-order valence-electron chi connectivity index (χ2n) is 5.87. The van der Waals surface area contributed by atoms with Crippen molar-refractivity contribution in [3.8, 4) is 0 Å². The zero-order chi connectivity index (χ0) is 14.7.